The maximum Gasteiger partial charge on any atom is 0.336 e. The number of hydrogen-bond acceptors (Lipinski definition) is 8. The lowest BCUT2D eigenvalue weighted by molar-refractivity contribution is 0.0697. The van der Waals surface area contributed by atoms with Gasteiger partial charge in [-0.25, -0.2) is 14.6 Å². The van der Waals surface area contributed by atoms with Crippen LogP contribution < -0.4 is 25.6 Å². The molecule has 0 saturated carbocycles. The molecule has 2 saturated heterocycles. The van der Waals surface area contributed by atoms with Crippen LogP contribution in [0.2, 0.25) is 0 Å². The molecule has 4 aromatic rings. The number of carboxylic acid groups (broad SMARTS) is 1. The number of hydrazine groups is 1. The summed E-state index contributed by atoms with van der Waals surface area (Å²) in [6.07, 6.45) is 0. The number of benzene rings is 3. The van der Waals surface area contributed by atoms with Gasteiger partial charge in [-0.05, 0) is 48.5 Å². The van der Waals surface area contributed by atoms with Gasteiger partial charge in [-0.2, -0.15) is 4.98 Å². The maximum atomic E-state index is 12.8. The van der Waals surface area contributed by atoms with Crippen LogP contribution >= 0.6 is 0 Å². The van der Waals surface area contributed by atoms with Crippen molar-refractivity contribution in [2.75, 3.05) is 72.5 Å². The Kier molecular flexibility index (Phi) is 7.40. The van der Waals surface area contributed by atoms with Crippen LogP contribution in [0.25, 0.3) is 10.9 Å². The Morgan fingerprint density at radius 3 is 2.02 bits per heavy atom. The number of carbonyl (C=O) groups excluding carboxylic acids is 1. The van der Waals surface area contributed by atoms with Crippen molar-refractivity contribution in [1.29, 1.82) is 0 Å². The predicted molar refractivity (Wildman–Crippen MR) is 160 cm³/mol. The minimum atomic E-state index is -0.994. The van der Waals surface area contributed by atoms with Gasteiger partial charge in [0.25, 0.3) is 0 Å². The predicted octanol–water partition coefficient (Wildman–Crippen LogP) is 3.51. The van der Waals surface area contributed by atoms with Gasteiger partial charge in [-0.15, -0.1) is 0 Å². The SMILES string of the molecule is O=C(O)c1ccc(NNC(=O)N2CCN(c3nc(N4CCN(c5ccccc5)CC4)c4ccccc4n3)CC2)cc1. The van der Waals surface area contributed by atoms with Crippen molar-refractivity contribution in [1.82, 2.24) is 20.3 Å². The van der Waals surface area contributed by atoms with Crippen LogP contribution in [0.5, 0.6) is 0 Å². The first-order valence-electron chi connectivity index (χ1n) is 13.8. The number of nitrogens with zero attached hydrogens (tertiary/aromatic N) is 6. The molecule has 11 heteroatoms. The van der Waals surface area contributed by atoms with E-state index in [2.05, 4.69) is 55.9 Å². The summed E-state index contributed by atoms with van der Waals surface area (Å²) in [5.74, 6) is 0.643. The second-order valence-corrected chi connectivity index (χ2v) is 10.1. The molecule has 6 rings (SSSR count). The van der Waals surface area contributed by atoms with Gasteiger partial charge in [0, 0.05) is 63.4 Å². The molecule has 0 spiro atoms. The molecule has 0 bridgehead atoms. The molecule has 210 valence electrons. The molecule has 0 aliphatic carbocycles. The number of nitrogens with one attached hydrogen (secondary N) is 2. The number of urea groups is 1. The molecule has 3 heterocycles. The number of aromatic carboxylic acids is 1. The molecule has 11 nitrogen and oxygen atoms in total. The van der Waals surface area contributed by atoms with E-state index in [4.69, 9.17) is 15.1 Å². The number of carbonyl (C=O) groups is 2. The average Bonchev–Trinajstić information content (AvgIpc) is 3.04. The van der Waals surface area contributed by atoms with Crippen LogP contribution in [0.15, 0.2) is 78.9 Å². The molecular formula is C30H32N8O3. The Morgan fingerprint density at radius 1 is 0.683 bits per heavy atom. The van der Waals surface area contributed by atoms with E-state index in [1.807, 2.05) is 24.3 Å². The summed E-state index contributed by atoms with van der Waals surface area (Å²) in [5.41, 5.74) is 8.48. The number of carboxylic acids is 1. The molecule has 2 amide bonds. The number of anilines is 4. The van der Waals surface area contributed by atoms with Crippen LogP contribution in [0.3, 0.4) is 0 Å². The van der Waals surface area contributed by atoms with Gasteiger partial charge in [-0.1, -0.05) is 30.3 Å². The molecule has 2 fully saturated rings. The molecule has 0 atom stereocenters. The lowest BCUT2D eigenvalue weighted by Gasteiger charge is -2.38. The molecule has 41 heavy (non-hydrogen) atoms. The van der Waals surface area contributed by atoms with Gasteiger partial charge in [0.15, 0.2) is 0 Å². The van der Waals surface area contributed by atoms with E-state index in [1.165, 1.54) is 17.8 Å². The van der Waals surface area contributed by atoms with Crippen LogP contribution in [0.1, 0.15) is 10.4 Å². The average molecular weight is 553 g/mol. The van der Waals surface area contributed by atoms with Gasteiger partial charge in [0.1, 0.15) is 5.82 Å². The van der Waals surface area contributed by atoms with Gasteiger partial charge in [0.05, 0.1) is 16.8 Å². The molecule has 3 N–H and O–H groups in total. The first-order chi connectivity index (χ1) is 20.0. The van der Waals surface area contributed by atoms with Crippen molar-refractivity contribution in [3.05, 3.63) is 84.4 Å². The molecule has 2 aliphatic rings. The lowest BCUT2D eigenvalue weighted by atomic mass is 10.2. The first-order valence-corrected chi connectivity index (χ1v) is 13.8. The standard InChI is InChI=1S/C30H32N8O3/c39-28(40)22-10-12-23(13-11-22)33-34-30(41)38-20-18-37(19-21-38)29-31-26-9-5-4-8-25(26)27(32-29)36-16-14-35(15-17-36)24-6-2-1-3-7-24/h1-13,33H,14-21H2,(H,34,41)(H,39,40). The van der Waals surface area contributed by atoms with Gasteiger partial charge in [-0.3, -0.25) is 10.9 Å². The molecule has 1 aromatic heterocycles. The normalized spacial score (nSPS) is 15.6. The smallest absolute Gasteiger partial charge is 0.336 e. The second kappa shape index (κ2) is 11.6. The molecule has 0 radical (unpaired) electrons. The number of aromatic nitrogens is 2. The second-order valence-electron chi connectivity index (χ2n) is 10.1. The van der Waals surface area contributed by atoms with E-state index in [9.17, 15) is 9.59 Å². The van der Waals surface area contributed by atoms with E-state index < -0.39 is 5.97 Å². The number of para-hydroxylation sites is 2. The van der Waals surface area contributed by atoms with E-state index in [0.29, 0.717) is 37.8 Å². The summed E-state index contributed by atoms with van der Waals surface area (Å²) in [6.45, 7) is 5.84. The lowest BCUT2D eigenvalue weighted by Crippen LogP contribution is -2.53. The summed E-state index contributed by atoms with van der Waals surface area (Å²) in [6, 6.07) is 24.6. The summed E-state index contributed by atoms with van der Waals surface area (Å²) >= 11 is 0. The Morgan fingerprint density at radius 2 is 1.32 bits per heavy atom. The topological polar surface area (TPSA) is 117 Å². The number of piperazine rings is 2. The van der Waals surface area contributed by atoms with Gasteiger partial charge >= 0.3 is 12.0 Å². The molecular weight excluding hydrogens is 520 g/mol. The zero-order chi connectivity index (χ0) is 28.2. The van der Waals surface area contributed by atoms with E-state index in [0.717, 1.165) is 42.9 Å². The highest BCUT2D eigenvalue weighted by atomic mass is 16.4. The number of fused-ring (bicyclic) bond motifs is 1. The molecule has 0 unspecified atom stereocenters. The van der Waals surface area contributed by atoms with Crippen molar-refractivity contribution in [3.63, 3.8) is 0 Å². The first kappa shape index (κ1) is 26.2. The summed E-state index contributed by atoms with van der Waals surface area (Å²) in [7, 11) is 0. The van der Waals surface area contributed by atoms with Gasteiger partial charge in [0.2, 0.25) is 5.95 Å². The monoisotopic (exact) mass is 552 g/mol. The number of rotatable bonds is 6. The van der Waals surface area contributed by atoms with Crippen LogP contribution in [-0.4, -0.2) is 84.3 Å². The van der Waals surface area contributed by atoms with Crippen molar-refractivity contribution < 1.29 is 14.7 Å². The zero-order valence-corrected chi connectivity index (χ0v) is 22.6. The van der Waals surface area contributed by atoms with E-state index in [-0.39, 0.29) is 11.6 Å². The Bertz CT molecular complexity index is 1520. The maximum absolute atomic E-state index is 12.8. The highest BCUT2D eigenvalue weighted by Gasteiger charge is 2.26. The largest absolute Gasteiger partial charge is 0.478 e. The minimum Gasteiger partial charge on any atom is -0.478 e. The third-order valence-corrected chi connectivity index (χ3v) is 7.57. The Hall–Kier alpha value is -5.06. The highest BCUT2D eigenvalue weighted by molar-refractivity contribution is 5.91. The van der Waals surface area contributed by atoms with E-state index in [1.54, 1.807) is 17.0 Å². The fourth-order valence-electron chi connectivity index (χ4n) is 5.26. The number of amides is 2. The van der Waals surface area contributed by atoms with Crippen molar-refractivity contribution in [2.24, 2.45) is 0 Å². The molecule has 2 aliphatic heterocycles. The minimum absolute atomic E-state index is 0.187. The van der Waals surface area contributed by atoms with Crippen LogP contribution in [0, 0.1) is 0 Å². The fraction of sp³-hybridized carbons (Fsp3) is 0.267. The zero-order valence-electron chi connectivity index (χ0n) is 22.6. The highest BCUT2D eigenvalue weighted by Crippen LogP contribution is 2.28. The van der Waals surface area contributed by atoms with E-state index >= 15 is 0 Å². The third-order valence-electron chi connectivity index (χ3n) is 7.57. The molecule has 3 aromatic carbocycles. The van der Waals surface area contributed by atoms with Gasteiger partial charge < -0.3 is 24.7 Å². The Balaban J connectivity index is 1.09. The summed E-state index contributed by atoms with van der Waals surface area (Å²) < 4.78 is 0. The summed E-state index contributed by atoms with van der Waals surface area (Å²) in [5, 5.41) is 10.1. The van der Waals surface area contributed by atoms with Crippen molar-refractivity contribution >= 4 is 46.0 Å². The van der Waals surface area contributed by atoms with Crippen LogP contribution in [0.4, 0.5) is 27.9 Å². The summed E-state index contributed by atoms with van der Waals surface area (Å²) in [4.78, 5) is 42.4. The third kappa shape index (κ3) is 5.79. The van der Waals surface area contributed by atoms with Crippen molar-refractivity contribution in [3.8, 4) is 0 Å². The Labute approximate surface area is 238 Å². The van der Waals surface area contributed by atoms with Crippen LogP contribution in [-0.2, 0) is 0 Å². The van der Waals surface area contributed by atoms with Crippen molar-refractivity contribution in [2.45, 2.75) is 0 Å². The fourth-order valence-corrected chi connectivity index (χ4v) is 5.26. The number of hydrogen-bond donors (Lipinski definition) is 3. The quantitative estimate of drug-likeness (QED) is 0.309.